The Morgan fingerprint density at radius 3 is 3.05 bits per heavy atom. The molecule has 2 heterocycles. The van der Waals surface area contributed by atoms with Gasteiger partial charge in [0.05, 0.1) is 12.2 Å². The Kier molecular flexibility index (Phi) is 5.59. The van der Waals surface area contributed by atoms with E-state index in [0.717, 1.165) is 23.0 Å². The van der Waals surface area contributed by atoms with Crippen molar-refractivity contribution in [2.75, 3.05) is 13.2 Å². The Morgan fingerprint density at radius 1 is 1.60 bits per heavy atom. The number of carbonyl (C=O) groups excluding carboxylic acids is 1. The summed E-state index contributed by atoms with van der Waals surface area (Å²) < 4.78 is 17.2. The molecule has 1 aliphatic heterocycles. The minimum Gasteiger partial charge on any atom is -0.474 e. The van der Waals surface area contributed by atoms with Gasteiger partial charge < -0.3 is 14.2 Å². The molecular formula is C14H18INO4. The summed E-state index contributed by atoms with van der Waals surface area (Å²) in [4.78, 5) is 16.3. The highest BCUT2D eigenvalue weighted by atomic mass is 127. The number of hydrogen-bond acceptors (Lipinski definition) is 5. The van der Waals surface area contributed by atoms with E-state index in [0.29, 0.717) is 18.1 Å². The van der Waals surface area contributed by atoms with Gasteiger partial charge in [0.25, 0.3) is 0 Å². The standard InChI is InChI=1S/C14H18INO4/c1-9(2)20-14(17)12-11(15)5-6-16-13(12)19-8-10-4-3-7-18-10/h5-6,9-10H,3-4,7-8H2,1-2H3. The van der Waals surface area contributed by atoms with E-state index in [-0.39, 0.29) is 12.2 Å². The van der Waals surface area contributed by atoms with Crippen molar-refractivity contribution >= 4 is 28.6 Å². The fraction of sp³-hybridized carbons (Fsp3) is 0.571. The number of rotatable bonds is 5. The number of pyridine rings is 1. The fourth-order valence-electron chi connectivity index (χ4n) is 1.94. The van der Waals surface area contributed by atoms with Gasteiger partial charge in [0, 0.05) is 16.4 Å². The predicted octanol–water partition coefficient (Wildman–Crippen LogP) is 2.81. The minimum atomic E-state index is -0.403. The van der Waals surface area contributed by atoms with Crippen LogP contribution in [0, 0.1) is 3.57 Å². The molecule has 1 aliphatic rings. The van der Waals surface area contributed by atoms with Crippen molar-refractivity contribution in [3.8, 4) is 5.88 Å². The minimum absolute atomic E-state index is 0.0867. The lowest BCUT2D eigenvalue weighted by Crippen LogP contribution is -2.20. The molecule has 0 N–H and O–H groups in total. The number of esters is 1. The predicted molar refractivity (Wildman–Crippen MR) is 82.0 cm³/mol. The molecule has 2 rings (SSSR count). The van der Waals surface area contributed by atoms with Crippen molar-refractivity contribution < 1.29 is 19.0 Å². The van der Waals surface area contributed by atoms with Gasteiger partial charge in [0.2, 0.25) is 5.88 Å². The normalized spacial score (nSPS) is 18.3. The van der Waals surface area contributed by atoms with E-state index in [1.807, 2.05) is 13.8 Å². The second-order valence-corrected chi connectivity index (χ2v) is 6.04. The summed E-state index contributed by atoms with van der Waals surface area (Å²) in [5.41, 5.74) is 0.389. The highest BCUT2D eigenvalue weighted by molar-refractivity contribution is 14.1. The second kappa shape index (κ2) is 7.21. The molecule has 20 heavy (non-hydrogen) atoms. The first-order chi connectivity index (χ1) is 9.58. The largest absolute Gasteiger partial charge is 0.474 e. The van der Waals surface area contributed by atoms with Crippen LogP contribution in [0.15, 0.2) is 12.3 Å². The number of nitrogens with zero attached hydrogens (tertiary/aromatic N) is 1. The molecule has 1 fully saturated rings. The van der Waals surface area contributed by atoms with Crippen LogP contribution in [0.25, 0.3) is 0 Å². The maximum Gasteiger partial charge on any atom is 0.345 e. The average Bonchev–Trinajstić information content (AvgIpc) is 2.88. The third-order valence-corrected chi connectivity index (χ3v) is 3.74. The third-order valence-electron chi connectivity index (χ3n) is 2.84. The molecule has 1 aromatic rings. The Morgan fingerprint density at radius 2 is 2.40 bits per heavy atom. The van der Waals surface area contributed by atoms with Crippen molar-refractivity contribution in [2.24, 2.45) is 0 Å². The fourth-order valence-corrected chi connectivity index (χ4v) is 2.55. The molecule has 0 saturated carbocycles. The quantitative estimate of drug-likeness (QED) is 0.571. The molecule has 0 radical (unpaired) electrons. The molecule has 110 valence electrons. The molecule has 0 bridgehead atoms. The molecule has 1 atom stereocenters. The summed E-state index contributed by atoms with van der Waals surface area (Å²) in [6.45, 7) is 4.81. The van der Waals surface area contributed by atoms with Crippen molar-refractivity contribution in [3.63, 3.8) is 0 Å². The van der Waals surface area contributed by atoms with Gasteiger partial charge in [0.15, 0.2) is 0 Å². The summed E-state index contributed by atoms with van der Waals surface area (Å²) in [5, 5.41) is 0. The van der Waals surface area contributed by atoms with E-state index in [1.54, 1.807) is 12.3 Å². The number of halogens is 1. The lowest BCUT2D eigenvalue weighted by Gasteiger charge is -2.15. The van der Waals surface area contributed by atoms with E-state index in [9.17, 15) is 4.79 Å². The number of ether oxygens (including phenoxy) is 3. The Balaban J connectivity index is 2.10. The number of aromatic nitrogens is 1. The van der Waals surface area contributed by atoms with E-state index in [4.69, 9.17) is 14.2 Å². The van der Waals surface area contributed by atoms with Crippen molar-refractivity contribution in [1.82, 2.24) is 4.98 Å². The molecule has 6 heteroatoms. The first-order valence-electron chi connectivity index (χ1n) is 6.68. The zero-order chi connectivity index (χ0) is 14.5. The zero-order valence-electron chi connectivity index (χ0n) is 11.6. The smallest absolute Gasteiger partial charge is 0.345 e. The summed E-state index contributed by atoms with van der Waals surface area (Å²) in [7, 11) is 0. The van der Waals surface area contributed by atoms with Crippen molar-refractivity contribution in [1.29, 1.82) is 0 Å². The Hall–Kier alpha value is -0.890. The number of hydrogen-bond donors (Lipinski definition) is 0. The maximum atomic E-state index is 12.1. The van der Waals surface area contributed by atoms with Gasteiger partial charge in [0.1, 0.15) is 12.2 Å². The van der Waals surface area contributed by atoms with E-state index < -0.39 is 5.97 Å². The summed E-state index contributed by atoms with van der Waals surface area (Å²) in [5.74, 6) is -0.0853. The van der Waals surface area contributed by atoms with Crippen molar-refractivity contribution in [2.45, 2.75) is 38.9 Å². The van der Waals surface area contributed by atoms with Crippen LogP contribution in [0.3, 0.4) is 0 Å². The molecule has 0 spiro atoms. The highest BCUT2D eigenvalue weighted by Crippen LogP contribution is 2.24. The van der Waals surface area contributed by atoms with Gasteiger partial charge in [-0.05, 0) is 55.3 Å². The number of carbonyl (C=O) groups is 1. The summed E-state index contributed by atoms with van der Waals surface area (Å²) in [6.07, 6.45) is 3.57. The maximum absolute atomic E-state index is 12.1. The van der Waals surface area contributed by atoms with Gasteiger partial charge in [-0.15, -0.1) is 0 Å². The topological polar surface area (TPSA) is 57.7 Å². The molecule has 1 aromatic heterocycles. The second-order valence-electron chi connectivity index (χ2n) is 4.87. The average molecular weight is 391 g/mol. The van der Waals surface area contributed by atoms with Crippen LogP contribution in [-0.2, 0) is 9.47 Å². The molecule has 0 amide bonds. The van der Waals surface area contributed by atoms with E-state index >= 15 is 0 Å². The van der Waals surface area contributed by atoms with E-state index in [1.165, 1.54) is 0 Å². The van der Waals surface area contributed by atoms with Gasteiger partial charge in [-0.3, -0.25) is 0 Å². The summed E-state index contributed by atoms with van der Waals surface area (Å²) >= 11 is 2.08. The van der Waals surface area contributed by atoms with Crippen LogP contribution in [-0.4, -0.2) is 36.4 Å². The van der Waals surface area contributed by atoms with Gasteiger partial charge in [-0.2, -0.15) is 0 Å². The van der Waals surface area contributed by atoms with Crippen LogP contribution in [0.2, 0.25) is 0 Å². The van der Waals surface area contributed by atoms with Crippen molar-refractivity contribution in [3.05, 3.63) is 21.4 Å². The molecule has 0 aromatic carbocycles. The third kappa shape index (κ3) is 4.05. The first-order valence-corrected chi connectivity index (χ1v) is 7.75. The van der Waals surface area contributed by atoms with Crippen LogP contribution in [0.1, 0.15) is 37.0 Å². The molecule has 5 nitrogen and oxygen atoms in total. The zero-order valence-corrected chi connectivity index (χ0v) is 13.8. The van der Waals surface area contributed by atoms with Crippen LogP contribution >= 0.6 is 22.6 Å². The molecule has 1 saturated heterocycles. The lowest BCUT2D eigenvalue weighted by atomic mass is 10.2. The Labute approximate surface area is 132 Å². The first kappa shape index (κ1) is 15.5. The Bertz CT molecular complexity index is 472. The highest BCUT2D eigenvalue weighted by Gasteiger charge is 2.22. The summed E-state index contributed by atoms with van der Waals surface area (Å²) in [6, 6.07) is 1.76. The SMILES string of the molecule is CC(C)OC(=O)c1c(I)ccnc1OCC1CCCO1. The molecular weight excluding hydrogens is 373 g/mol. The van der Waals surface area contributed by atoms with Crippen LogP contribution in [0.4, 0.5) is 0 Å². The van der Waals surface area contributed by atoms with Gasteiger partial charge in [-0.25, -0.2) is 9.78 Å². The van der Waals surface area contributed by atoms with Crippen LogP contribution < -0.4 is 4.74 Å². The van der Waals surface area contributed by atoms with Gasteiger partial charge >= 0.3 is 5.97 Å². The molecule has 0 aliphatic carbocycles. The van der Waals surface area contributed by atoms with Gasteiger partial charge in [-0.1, -0.05) is 0 Å². The molecule has 1 unspecified atom stereocenters. The lowest BCUT2D eigenvalue weighted by molar-refractivity contribution is 0.0360. The van der Waals surface area contributed by atoms with E-state index in [2.05, 4.69) is 27.6 Å². The monoisotopic (exact) mass is 391 g/mol. The van der Waals surface area contributed by atoms with Crippen LogP contribution in [0.5, 0.6) is 5.88 Å².